The highest BCUT2D eigenvalue weighted by Crippen LogP contribution is 2.41. The molecule has 0 unspecified atom stereocenters. The highest BCUT2D eigenvalue weighted by atomic mass is 35.5. The van der Waals surface area contributed by atoms with E-state index in [1.54, 1.807) is 17.1 Å². The monoisotopic (exact) mass is 1380 g/mol. The fourth-order valence-electron chi connectivity index (χ4n) is 13.2. The fourth-order valence-corrected chi connectivity index (χ4v) is 13.6. The van der Waals surface area contributed by atoms with Gasteiger partial charge >= 0.3 is 14.2 Å². The zero-order valence-electron chi connectivity index (χ0n) is 56.7. The van der Waals surface area contributed by atoms with Gasteiger partial charge in [0.15, 0.2) is 0 Å². The van der Waals surface area contributed by atoms with Crippen molar-refractivity contribution in [1.29, 1.82) is 15.8 Å². The summed E-state index contributed by atoms with van der Waals surface area (Å²) in [5.74, 6) is 1.67. The summed E-state index contributed by atoms with van der Waals surface area (Å²) >= 11 is 11.7. The lowest BCUT2D eigenvalue weighted by Crippen LogP contribution is -2.41. The van der Waals surface area contributed by atoms with Crippen molar-refractivity contribution < 1.29 is 28.1 Å². The third kappa shape index (κ3) is 17.5. The van der Waals surface area contributed by atoms with E-state index < -0.39 is 6.41 Å². The Morgan fingerprint density at radius 2 is 0.918 bits per heavy atom. The minimum absolute atomic E-state index is 0. The van der Waals surface area contributed by atoms with E-state index in [0.29, 0.717) is 66.2 Å². The van der Waals surface area contributed by atoms with Gasteiger partial charge < -0.3 is 38.1 Å². The van der Waals surface area contributed by atoms with Crippen LogP contribution >= 0.6 is 23.2 Å². The highest BCUT2D eigenvalue weighted by Gasteiger charge is 2.53. The van der Waals surface area contributed by atoms with E-state index in [1.807, 2.05) is 95.7 Å². The molecular weight excluding hydrogens is 1280 g/mol. The largest absolute Gasteiger partial charge is 0.498 e. The van der Waals surface area contributed by atoms with E-state index in [4.69, 9.17) is 51.3 Å². The Kier molecular flexibility index (Phi) is 26.4. The number of hydrogen-bond acceptors (Lipinski definition) is 18. The standard InChI is InChI=1S/2C17H26BN3O2.C17H18N6.C11H14ClN3O2.C6H4ClN3.2CH4/c2*1-16(2)17(3,4)23-18(22-16)14-11-20-21(12-14)15(9-10-19)13-7-5-6-8-13;18-7-5-15(12-3-1-2-4-12)23-10-13(9-22-23)16-14-6-8-19-17(14)21-11-20-16;1-3-16-11(17-4-2)15-6-5-8-9(12)13-7-14-10(8)15;7-5-4-1-2-8-6(4)10-3-9-5;;/h2*11-13,15H,5-9H2,1-4H3;6,8-12,15H,1-5H2,(H,19,20,21);5-7,11H,3-4H2,1-2H3;1-3H,(H,8,9,10);2*1H4/t3*15-;;;;/m101..../s1. The number of hydrogen-bond donors (Lipinski definition) is 2. The molecule has 0 bridgehead atoms. The second kappa shape index (κ2) is 34.0. The Balaban J connectivity index is 0.000000159. The molecule has 2 N–H and O–H groups in total. The summed E-state index contributed by atoms with van der Waals surface area (Å²) in [7, 11) is -0.778. The first-order chi connectivity index (χ1) is 46.2. The minimum Gasteiger partial charge on any atom is -0.399 e. The first-order valence-electron chi connectivity index (χ1n) is 33.6. The second-order valence-corrected chi connectivity index (χ2v) is 27.7. The van der Waals surface area contributed by atoms with Gasteiger partial charge in [-0.05, 0) is 144 Å². The molecule has 3 aliphatic carbocycles. The Bertz CT molecular complexity index is 3960. The van der Waals surface area contributed by atoms with Crippen LogP contribution in [0.5, 0.6) is 0 Å². The Morgan fingerprint density at radius 1 is 0.531 bits per heavy atom. The van der Waals surface area contributed by atoms with E-state index in [0.717, 1.165) is 49.6 Å². The van der Waals surface area contributed by atoms with Crippen molar-refractivity contribution in [1.82, 2.24) is 73.8 Å². The second-order valence-electron chi connectivity index (χ2n) is 27.0. The summed E-state index contributed by atoms with van der Waals surface area (Å²) < 4.78 is 43.1. The maximum atomic E-state index is 9.18. The number of halogens is 2. The van der Waals surface area contributed by atoms with Crippen LogP contribution in [0.25, 0.3) is 44.4 Å². The molecule has 28 heteroatoms. The Morgan fingerprint density at radius 3 is 1.35 bits per heavy atom. The zero-order chi connectivity index (χ0) is 68.2. The molecule has 0 spiro atoms. The van der Waals surface area contributed by atoms with Crippen LogP contribution in [-0.4, -0.2) is 124 Å². The van der Waals surface area contributed by atoms with E-state index >= 15 is 0 Å². The van der Waals surface area contributed by atoms with Crippen molar-refractivity contribution in [2.45, 2.75) is 227 Å². The summed E-state index contributed by atoms with van der Waals surface area (Å²) in [5, 5.41) is 44.7. The van der Waals surface area contributed by atoms with Crippen LogP contribution in [0.15, 0.2) is 93.0 Å². The maximum Gasteiger partial charge on any atom is 0.498 e. The summed E-state index contributed by atoms with van der Waals surface area (Å²) in [5.41, 5.74) is 4.63. The number of aromatic amines is 2. The van der Waals surface area contributed by atoms with Crippen LogP contribution in [0.2, 0.25) is 10.3 Å². The van der Waals surface area contributed by atoms with Crippen LogP contribution in [0, 0.1) is 51.7 Å². The van der Waals surface area contributed by atoms with Crippen molar-refractivity contribution in [3.8, 4) is 29.5 Å². The topological polar surface area (TPSA) is 294 Å². The van der Waals surface area contributed by atoms with E-state index in [2.05, 4.69) is 129 Å². The lowest BCUT2D eigenvalue weighted by atomic mass is 9.82. The van der Waals surface area contributed by atoms with Gasteiger partial charge in [0.25, 0.3) is 0 Å². The van der Waals surface area contributed by atoms with Crippen LogP contribution in [-0.2, 0) is 28.1 Å². The molecule has 5 aliphatic rings. The van der Waals surface area contributed by atoms with E-state index in [9.17, 15) is 15.8 Å². The molecule has 14 rings (SSSR count). The van der Waals surface area contributed by atoms with Crippen molar-refractivity contribution in [3.63, 3.8) is 0 Å². The number of nitrogens with zero attached hydrogens (tertiary/aromatic N) is 16. The molecule has 3 atom stereocenters. The summed E-state index contributed by atoms with van der Waals surface area (Å²) in [6, 6.07) is 13.1. The van der Waals surface area contributed by atoms with Gasteiger partial charge in [-0.1, -0.05) is 76.6 Å². The van der Waals surface area contributed by atoms with Gasteiger partial charge in [-0.25, -0.2) is 29.9 Å². The first-order valence-corrected chi connectivity index (χ1v) is 34.3. The quantitative estimate of drug-likeness (QED) is 0.0486. The van der Waals surface area contributed by atoms with Gasteiger partial charge in [0, 0.05) is 84.7 Å². The Labute approximate surface area is 587 Å². The third-order valence-corrected chi connectivity index (χ3v) is 20.5. The normalized spacial score (nSPS) is 18.6. The summed E-state index contributed by atoms with van der Waals surface area (Å²) in [6.07, 6.45) is 37.2. The zero-order valence-corrected chi connectivity index (χ0v) is 58.2. The molecule has 0 radical (unpaired) electrons. The summed E-state index contributed by atoms with van der Waals surface area (Å²) in [4.78, 5) is 30.6. The van der Waals surface area contributed by atoms with Gasteiger partial charge in [0.2, 0.25) is 6.41 Å². The fraction of sp³-hybridized carbons (Fsp3) is 0.571. The molecule has 2 saturated heterocycles. The lowest BCUT2D eigenvalue weighted by molar-refractivity contribution is -0.183. The minimum atomic E-state index is -0.478. The van der Waals surface area contributed by atoms with Gasteiger partial charge in [0.1, 0.15) is 46.2 Å². The molecule has 0 aromatic carbocycles. The molecule has 2 aliphatic heterocycles. The maximum absolute atomic E-state index is 9.18. The van der Waals surface area contributed by atoms with Crippen LogP contribution in [0.3, 0.4) is 0 Å². The van der Waals surface area contributed by atoms with Crippen LogP contribution in [0.4, 0.5) is 0 Å². The highest BCUT2D eigenvalue weighted by molar-refractivity contribution is 6.62. The predicted octanol–water partition coefficient (Wildman–Crippen LogP) is 14.6. The molecule has 5 fully saturated rings. The number of aromatic nitrogens is 15. The number of nitriles is 3. The lowest BCUT2D eigenvalue weighted by Gasteiger charge is -2.32. The molecule has 0 amide bonds. The molecule has 24 nitrogen and oxygen atoms in total. The van der Waals surface area contributed by atoms with Crippen molar-refractivity contribution in [2.24, 2.45) is 17.8 Å². The van der Waals surface area contributed by atoms with Crippen molar-refractivity contribution in [3.05, 3.63) is 103 Å². The van der Waals surface area contributed by atoms with Gasteiger partial charge in [-0.15, -0.1) is 0 Å². The molecule has 98 heavy (non-hydrogen) atoms. The molecular formula is C70H96B2Cl2N18O6. The number of ether oxygens (including phenoxy) is 2. The average Bonchev–Trinajstić information content (AvgIpc) is 1.62. The average molecular weight is 1380 g/mol. The number of fused-ring (bicyclic) bond motifs is 3. The number of nitrogens with one attached hydrogen (secondary N) is 2. The molecule has 9 aromatic heterocycles. The molecule has 3 saturated carbocycles. The SMILES string of the molecule is C.C.CC1(C)OB(c2cnn([C@@H](CC#N)C3CCCC3)c2)OC1(C)C.CC1(C)OB(c2cnn([C@H](CC#N)C3CCCC3)c2)OC1(C)C.CCOC(OCC)n1ccc2c(Cl)ncnc21.Clc1ncnc2[nH]ccc12.N#CC[C@H](C1CCCC1)n1cc(-c2ncnc3[nH]ccc23)cn1. The van der Waals surface area contributed by atoms with Gasteiger partial charge in [-0.3, -0.25) is 18.6 Å². The number of rotatable bonds is 17. The van der Waals surface area contributed by atoms with Crippen molar-refractivity contribution in [2.75, 3.05) is 13.2 Å². The van der Waals surface area contributed by atoms with Crippen LogP contribution in [0.1, 0.15) is 205 Å². The molecule has 9 aromatic rings. The van der Waals surface area contributed by atoms with E-state index in [-0.39, 0.29) is 69.6 Å². The van der Waals surface area contributed by atoms with Gasteiger partial charge in [0.05, 0.1) is 101 Å². The molecule has 522 valence electrons. The Hall–Kier alpha value is -7.57. The summed E-state index contributed by atoms with van der Waals surface area (Å²) in [6.45, 7) is 21.4. The third-order valence-electron chi connectivity index (χ3n) is 19.9. The molecule has 11 heterocycles. The van der Waals surface area contributed by atoms with Gasteiger partial charge in [-0.2, -0.15) is 31.1 Å². The van der Waals surface area contributed by atoms with Crippen LogP contribution < -0.4 is 10.9 Å². The number of H-pyrrole nitrogens is 2. The first kappa shape index (κ1) is 76.2. The predicted molar refractivity (Wildman–Crippen MR) is 382 cm³/mol. The van der Waals surface area contributed by atoms with E-state index in [1.165, 1.54) is 89.7 Å². The van der Waals surface area contributed by atoms with Crippen molar-refractivity contribution >= 4 is 81.5 Å². The smallest absolute Gasteiger partial charge is 0.399 e.